The van der Waals surface area contributed by atoms with Crippen LogP contribution in [0.25, 0.3) is 22.2 Å². The van der Waals surface area contributed by atoms with Crippen molar-refractivity contribution < 1.29 is 18.9 Å². The minimum absolute atomic E-state index is 0. The first kappa shape index (κ1) is 29.5. The van der Waals surface area contributed by atoms with E-state index in [2.05, 4.69) is 20.9 Å². The van der Waals surface area contributed by atoms with E-state index in [1.807, 2.05) is 66.7 Å². The van der Waals surface area contributed by atoms with E-state index in [0.717, 1.165) is 28.7 Å². The van der Waals surface area contributed by atoms with Gasteiger partial charge in [-0.05, 0) is 46.1 Å². The maximum Gasteiger partial charge on any atom is 0.220 e. The normalized spacial score (nSPS) is 14.3. The third-order valence-electron chi connectivity index (χ3n) is 6.92. The van der Waals surface area contributed by atoms with Crippen LogP contribution in [0.5, 0.6) is 11.5 Å². The van der Waals surface area contributed by atoms with Crippen molar-refractivity contribution in [2.45, 2.75) is 32.1 Å². The number of nitrogens with one attached hydrogen (secondary N) is 2. The number of nitrogens with zero attached hydrogens (tertiary/aromatic N) is 2. The van der Waals surface area contributed by atoms with Crippen molar-refractivity contribution >= 4 is 58.2 Å². The van der Waals surface area contributed by atoms with E-state index in [1.54, 1.807) is 12.1 Å². The smallest absolute Gasteiger partial charge is 0.220 e. The summed E-state index contributed by atoms with van der Waals surface area (Å²) in [7, 11) is 0. The number of ether oxygens (including phenoxy) is 2. The van der Waals surface area contributed by atoms with Crippen LogP contribution in [0.1, 0.15) is 24.0 Å². The Morgan fingerprint density at radius 1 is 0.905 bits per heavy atom. The minimum Gasteiger partial charge on any atom is -0.487 e. The summed E-state index contributed by atoms with van der Waals surface area (Å²) >= 11 is 13.5. The largest absolute Gasteiger partial charge is 0.487 e. The third-order valence-corrected chi connectivity index (χ3v) is 7.66. The number of benzene rings is 4. The van der Waals surface area contributed by atoms with Crippen molar-refractivity contribution in [3.63, 3.8) is 0 Å². The Morgan fingerprint density at radius 2 is 1.71 bits per heavy atom. The van der Waals surface area contributed by atoms with E-state index < -0.39 is 0 Å². The molecule has 0 aliphatic carbocycles. The molecule has 1 amide bonds. The summed E-state index contributed by atoms with van der Waals surface area (Å²) in [5.74, 6) is 1.07. The maximum absolute atomic E-state index is 11.7. The number of rotatable bonds is 10. The highest BCUT2D eigenvalue weighted by molar-refractivity contribution is 6.34. The molecular weight excluding hydrogens is 599 g/mol. The predicted molar refractivity (Wildman–Crippen MR) is 166 cm³/mol. The van der Waals surface area contributed by atoms with Crippen LogP contribution in [-0.2, 0) is 18.0 Å². The van der Waals surface area contributed by atoms with Gasteiger partial charge in [-0.25, -0.2) is 4.63 Å². The Balaban J connectivity index is 0.00000353. The first-order valence-electron chi connectivity index (χ1n) is 13.2. The predicted octanol–water partition coefficient (Wildman–Crippen LogP) is 7.47. The van der Waals surface area contributed by atoms with Crippen LogP contribution in [0.2, 0.25) is 10.0 Å². The molecule has 0 spiro atoms. The van der Waals surface area contributed by atoms with Crippen molar-refractivity contribution in [2.24, 2.45) is 0 Å². The van der Waals surface area contributed by atoms with Gasteiger partial charge in [0.2, 0.25) is 5.91 Å². The zero-order valence-electron chi connectivity index (χ0n) is 22.3. The van der Waals surface area contributed by atoms with Gasteiger partial charge >= 0.3 is 0 Å². The fourth-order valence-electron chi connectivity index (χ4n) is 4.73. The van der Waals surface area contributed by atoms with Gasteiger partial charge < -0.3 is 20.1 Å². The second-order valence-electron chi connectivity index (χ2n) is 9.77. The molecule has 0 radical (unpaired) electrons. The van der Waals surface area contributed by atoms with Gasteiger partial charge in [0.05, 0.1) is 15.7 Å². The van der Waals surface area contributed by atoms with E-state index in [9.17, 15) is 4.79 Å². The molecular formula is C31H27Cl3N4O4. The molecule has 1 aliphatic rings. The van der Waals surface area contributed by atoms with Crippen LogP contribution in [0.4, 0.5) is 5.69 Å². The summed E-state index contributed by atoms with van der Waals surface area (Å²) in [5.41, 5.74) is 5.70. The lowest BCUT2D eigenvalue weighted by Gasteiger charge is -2.19. The van der Waals surface area contributed by atoms with E-state index in [1.165, 1.54) is 0 Å². The van der Waals surface area contributed by atoms with E-state index in [0.29, 0.717) is 51.2 Å². The molecule has 2 heterocycles. The van der Waals surface area contributed by atoms with Gasteiger partial charge in [-0.3, -0.25) is 4.79 Å². The molecule has 8 nitrogen and oxygen atoms in total. The molecule has 2 N–H and O–H groups in total. The first-order valence-corrected chi connectivity index (χ1v) is 14.0. The Hall–Kier alpha value is -3.98. The van der Waals surface area contributed by atoms with Gasteiger partial charge in [0.15, 0.2) is 0 Å². The average Bonchev–Trinajstić information content (AvgIpc) is 3.64. The highest BCUT2D eigenvalue weighted by Gasteiger charge is 2.21. The lowest BCUT2D eigenvalue weighted by Crippen LogP contribution is -2.31. The van der Waals surface area contributed by atoms with Gasteiger partial charge in [-0.2, -0.15) is 0 Å². The fourth-order valence-corrected chi connectivity index (χ4v) is 5.24. The average molecular weight is 626 g/mol. The van der Waals surface area contributed by atoms with Gasteiger partial charge in [0, 0.05) is 36.2 Å². The van der Waals surface area contributed by atoms with E-state index in [-0.39, 0.29) is 37.6 Å². The second-order valence-corrected chi connectivity index (χ2v) is 10.6. The Kier molecular flexibility index (Phi) is 9.37. The molecule has 42 heavy (non-hydrogen) atoms. The summed E-state index contributed by atoms with van der Waals surface area (Å²) in [6, 6.07) is 25.0. The Bertz CT molecular complexity index is 1700. The van der Waals surface area contributed by atoms with Crippen LogP contribution in [0.3, 0.4) is 0 Å². The molecule has 6 rings (SSSR count). The number of halogens is 3. The minimum atomic E-state index is 0. The Labute approximate surface area is 258 Å². The monoisotopic (exact) mass is 624 g/mol. The number of carbonyl (C=O) groups is 1. The summed E-state index contributed by atoms with van der Waals surface area (Å²) in [6.07, 6.45) is 1.29. The fraction of sp³-hybridized carbons (Fsp3) is 0.194. The molecule has 1 fully saturated rings. The summed E-state index contributed by atoms with van der Waals surface area (Å²) in [4.78, 5) is 11.7. The second kappa shape index (κ2) is 13.3. The number of amides is 1. The number of aromatic nitrogens is 2. The highest BCUT2D eigenvalue weighted by atomic mass is 35.5. The molecule has 1 saturated heterocycles. The van der Waals surface area contributed by atoms with Crippen LogP contribution in [0.15, 0.2) is 83.5 Å². The number of fused-ring (bicyclic) bond motifs is 1. The quantitative estimate of drug-likeness (QED) is 0.166. The van der Waals surface area contributed by atoms with Gasteiger partial charge in [0.1, 0.15) is 35.7 Å². The molecule has 4 aromatic carbocycles. The number of carbonyl (C=O) groups excluding carboxylic acids is 1. The molecule has 1 aromatic heterocycles. The van der Waals surface area contributed by atoms with Crippen LogP contribution in [0, 0.1) is 0 Å². The lowest BCUT2D eigenvalue weighted by atomic mass is 10.0. The number of anilines is 1. The van der Waals surface area contributed by atoms with Crippen LogP contribution in [-0.4, -0.2) is 28.8 Å². The highest BCUT2D eigenvalue weighted by Crippen LogP contribution is 2.38. The number of hydrogen-bond acceptors (Lipinski definition) is 7. The molecule has 1 aliphatic heterocycles. The van der Waals surface area contributed by atoms with Crippen molar-refractivity contribution in [3.8, 4) is 22.6 Å². The first-order chi connectivity index (χ1) is 20.0. The van der Waals surface area contributed by atoms with Gasteiger partial charge in [-0.1, -0.05) is 77.8 Å². The van der Waals surface area contributed by atoms with Crippen LogP contribution >= 0.6 is 35.6 Å². The van der Waals surface area contributed by atoms with E-state index >= 15 is 0 Å². The summed E-state index contributed by atoms with van der Waals surface area (Å²) in [6.45, 7) is 1.02. The lowest BCUT2D eigenvalue weighted by molar-refractivity contribution is -0.119. The maximum atomic E-state index is 11.7. The molecule has 0 saturated carbocycles. The van der Waals surface area contributed by atoms with Gasteiger partial charge in [0.25, 0.3) is 0 Å². The van der Waals surface area contributed by atoms with Gasteiger partial charge in [-0.15, -0.1) is 12.4 Å². The standard InChI is InChI=1S/C31H26Cl2N4O4.ClH/c32-24-14-27(34-16-22-10-12-30(38)35-22)29(39-17-19-9-11-25-26(13-19)37-41-36-25)15-28(24)40-18-21-7-4-8-23(31(21)33)20-5-2-1-3-6-20;/h1-9,11,13-15,22,34H,10,12,16-18H2,(H,35,38);1H/t22-;/m1./s1. The van der Waals surface area contributed by atoms with Crippen LogP contribution < -0.4 is 20.1 Å². The van der Waals surface area contributed by atoms with Crippen molar-refractivity contribution in [2.75, 3.05) is 11.9 Å². The number of hydrogen-bond donors (Lipinski definition) is 2. The summed E-state index contributed by atoms with van der Waals surface area (Å²) in [5, 5.41) is 15.1. The third kappa shape index (κ3) is 6.73. The molecule has 11 heteroatoms. The molecule has 5 aromatic rings. The van der Waals surface area contributed by atoms with Crippen molar-refractivity contribution in [1.82, 2.24) is 15.6 Å². The molecule has 0 unspecified atom stereocenters. The van der Waals surface area contributed by atoms with E-state index in [4.69, 9.17) is 37.3 Å². The topological polar surface area (TPSA) is 98.5 Å². The zero-order valence-corrected chi connectivity index (χ0v) is 24.6. The van der Waals surface area contributed by atoms with Crippen molar-refractivity contribution in [1.29, 1.82) is 0 Å². The molecule has 1 atom stereocenters. The summed E-state index contributed by atoms with van der Waals surface area (Å²) < 4.78 is 17.2. The molecule has 0 bridgehead atoms. The SMILES string of the molecule is Cl.O=C1CC[C@H](CNc2cc(Cl)c(OCc3cccc(-c4ccccc4)c3Cl)cc2OCc2ccc3nonc3c2)N1. The zero-order chi connectivity index (χ0) is 28.2. The van der Waals surface area contributed by atoms with Crippen molar-refractivity contribution in [3.05, 3.63) is 100 Å². The molecule has 216 valence electrons. The Morgan fingerprint density at radius 3 is 2.52 bits per heavy atom.